The molecule has 3 aromatic rings. The predicted octanol–water partition coefficient (Wildman–Crippen LogP) is 6.17. The Morgan fingerprint density at radius 2 is 1.87 bits per heavy atom. The number of hydrogen-bond donors (Lipinski definition) is 0. The van der Waals surface area contributed by atoms with Crippen LogP contribution in [0.1, 0.15) is 70.2 Å². The number of thioether (sulfide) groups is 1. The molecule has 0 unspecified atom stereocenters. The van der Waals surface area contributed by atoms with Crippen molar-refractivity contribution in [3.8, 4) is 0 Å². The maximum Gasteiger partial charge on any atom is 0.189 e. The van der Waals surface area contributed by atoms with Crippen LogP contribution in [0.15, 0.2) is 5.16 Å². The van der Waals surface area contributed by atoms with Crippen LogP contribution in [0.3, 0.4) is 0 Å². The van der Waals surface area contributed by atoms with E-state index in [0.717, 1.165) is 46.7 Å². The summed E-state index contributed by atoms with van der Waals surface area (Å²) >= 11 is 3.41. The Balaban J connectivity index is 1.80. The highest BCUT2D eigenvalue weighted by atomic mass is 32.2. The fourth-order valence-electron chi connectivity index (χ4n) is 4.87. The van der Waals surface area contributed by atoms with Crippen LogP contribution in [-0.2, 0) is 17.8 Å². The first-order valence-corrected chi connectivity index (χ1v) is 13.4. The van der Waals surface area contributed by atoms with E-state index >= 15 is 0 Å². The van der Waals surface area contributed by atoms with E-state index in [-0.39, 0.29) is 5.60 Å². The molecular formula is C24H32N4OS2. The number of thiophene rings is 1. The van der Waals surface area contributed by atoms with Gasteiger partial charge in [0.2, 0.25) is 0 Å². The lowest BCUT2D eigenvalue weighted by Gasteiger charge is -2.33. The molecule has 1 saturated heterocycles. The molecule has 5 heterocycles. The number of rotatable bonds is 3. The van der Waals surface area contributed by atoms with Crippen LogP contribution < -0.4 is 4.90 Å². The summed E-state index contributed by atoms with van der Waals surface area (Å²) in [5, 5.41) is 2.09. The Hall–Kier alpha value is -1.44. The third kappa shape index (κ3) is 3.72. The number of ether oxygens (including phenoxy) is 1. The highest BCUT2D eigenvalue weighted by Crippen LogP contribution is 2.44. The van der Waals surface area contributed by atoms with E-state index in [1.54, 1.807) is 23.1 Å². The average molecular weight is 457 g/mol. The van der Waals surface area contributed by atoms with Crippen LogP contribution >= 0.6 is 23.1 Å². The quantitative estimate of drug-likeness (QED) is 0.347. The number of anilines is 1. The minimum Gasteiger partial charge on any atom is -0.370 e. The predicted molar refractivity (Wildman–Crippen MR) is 132 cm³/mol. The molecule has 2 aliphatic heterocycles. The van der Waals surface area contributed by atoms with E-state index < -0.39 is 0 Å². The van der Waals surface area contributed by atoms with Gasteiger partial charge in [0.1, 0.15) is 4.83 Å². The molecule has 5 rings (SSSR count). The lowest BCUT2D eigenvalue weighted by molar-refractivity contribution is -0.0402. The third-order valence-electron chi connectivity index (χ3n) is 6.70. The van der Waals surface area contributed by atoms with E-state index in [1.807, 2.05) is 0 Å². The van der Waals surface area contributed by atoms with Gasteiger partial charge in [-0.15, -0.1) is 11.3 Å². The molecule has 3 aromatic heterocycles. The number of fused-ring (bicyclic) bond motifs is 5. The van der Waals surface area contributed by atoms with E-state index in [9.17, 15) is 0 Å². The van der Waals surface area contributed by atoms with E-state index in [0.29, 0.717) is 12.5 Å². The van der Waals surface area contributed by atoms with Gasteiger partial charge in [0.25, 0.3) is 0 Å². The molecule has 0 bridgehead atoms. The largest absolute Gasteiger partial charge is 0.370 e. The van der Waals surface area contributed by atoms with Crippen molar-refractivity contribution < 1.29 is 4.74 Å². The summed E-state index contributed by atoms with van der Waals surface area (Å²) in [6.07, 6.45) is 5.41. The number of aromatic nitrogens is 3. The first-order chi connectivity index (χ1) is 14.8. The molecule has 0 spiro atoms. The summed E-state index contributed by atoms with van der Waals surface area (Å²) in [5.74, 6) is 2.26. The van der Waals surface area contributed by atoms with Crippen molar-refractivity contribution in [3.05, 3.63) is 16.8 Å². The van der Waals surface area contributed by atoms with Gasteiger partial charge in [-0.1, -0.05) is 32.5 Å². The molecule has 0 aromatic carbocycles. The molecule has 7 heteroatoms. The first-order valence-electron chi connectivity index (χ1n) is 11.4. The Bertz CT molecular complexity index is 1150. The fraction of sp³-hybridized carbons (Fsp3) is 0.625. The van der Waals surface area contributed by atoms with Gasteiger partial charge in [0.15, 0.2) is 11.0 Å². The molecule has 5 nitrogen and oxygen atoms in total. The molecule has 0 atom stereocenters. The minimum absolute atomic E-state index is 0.176. The summed E-state index contributed by atoms with van der Waals surface area (Å²) in [6.45, 7) is 14.0. The van der Waals surface area contributed by atoms with Crippen molar-refractivity contribution in [2.75, 3.05) is 24.2 Å². The maximum atomic E-state index is 6.21. The third-order valence-corrected chi connectivity index (χ3v) is 8.31. The summed E-state index contributed by atoms with van der Waals surface area (Å²) in [4.78, 5) is 18.8. The van der Waals surface area contributed by atoms with Gasteiger partial charge >= 0.3 is 0 Å². The lowest BCUT2D eigenvalue weighted by Crippen LogP contribution is -2.33. The monoisotopic (exact) mass is 456 g/mol. The van der Waals surface area contributed by atoms with Crippen LogP contribution in [0.5, 0.6) is 0 Å². The van der Waals surface area contributed by atoms with Gasteiger partial charge in [-0.3, -0.25) is 0 Å². The zero-order valence-corrected chi connectivity index (χ0v) is 21.0. The summed E-state index contributed by atoms with van der Waals surface area (Å²) in [5.41, 5.74) is 4.75. The summed E-state index contributed by atoms with van der Waals surface area (Å²) in [6, 6.07) is 0. The maximum absolute atomic E-state index is 6.21. The smallest absolute Gasteiger partial charge is 0.189 e. The van der Waals surface area contributed by atoms with Crippen molar-refractivity contribution >= 4 is 49.3 Å². The van der Waals surface area contributed by atoms with Crippen molar-refractivity contribution in [2.24, 2.45) is 5.92 Å². The van der Waals surface area contributed by atoms with Gasteiger partial charge in [-0.05, 0) is 50.3 Å². The number of piperidine rings is 1. The highest BCUT2D eigenvalue weighted by molar-refractivity contribution is 7.98. The zero-order valence-electron chi connectivity index (χ0n) is 19.4. The Morgan fingerprint density at radius 1 is 1.13 bits per heavy atom. The van der Waals surface area contributed by atoms with Gasteiger partial charge in [-0.2, -0.15) is 0 Å². The molecular weight excluding hydrogens is 424 g/mol. The molecule has 1 fully saturated rings. The van der Waals surface area contributed by atoms with E-state index in [1.165, 1.54) is 39.7 Å². The standard InChI is InChI=1S/C24H32N4OS2/c1-13(2)18-16-12-29-24(4,5)11-15(16)17-19-20(31-22(17)25-18)21(27-23(26-19)30-6)28-9-7-14(3)8-10-28/h13-14H,7-12H2,1-6H3. The first kappa shape index (κ1) is 21.4. The molecule has 0 amide bonds. The van der Waals surface area contributed by atoms with Gasteiger partial charge in [0.05, 0.1) is 28.1 Å². The second-order valence-electron chi connectivity index (χ2n) is 10.00. The Kier molecular flexibility index (Phi) is 5.42. The molecule has 0 saturated carbocycles. The van der Waals surface area contributed by atoms with Crippen LogP contribution in [-0.4, -0.2) is 39.9 Å². The second-order valence-corrected chi connectivity index (χ2v) is 11.8. The van der Waals surface area contributed by atoms with Crippen molar-refractivity contribution in [1.82, 2.24) is 15.0 Å². The topological polar surface area (TPSA) is 51.1 Å². The van der Waals surface area contributed by atoms with E-state index in [2.05, 4.69) is 45.8 Å². The van der Waals surface area contributed by atoms with Crippen molar-refractivity contribution in [3.63, 3.8) is 0 Å². The van der Waals surface area contributed by atoms with Crippen molar-refractivity contribution in [1.29, 1.82) is 0 Å². The normalized spacial score (nSPS) is 19.5. The zero-order chi connectivity index (χ0) is 21.9. The van der Waals surface area contributed by atoms with Gasteiger partial charge < -0.3 is 9.64 Å². The second kappa shape index (κ2) is 7.85. The highest BCUT2D eigenvalue weighted by Gasteiger charge is 2.33. The molecule has 0 aliphatic carbocycles. The SMILES string of the molecule is CSc1nc(N2CCC(C)CC2)c2sc3nc(C(C)C)c4c(c3c2n1)CC(C)(C)OC4. The molecule has 2 aliphatic rings. The summed E-state index contributed by atoms with van der Waals surface area (Å²) < 4.78 is 7.41. The minimum atomic E-state index is -0.176. The Labute approximate surface area is 193 Å². The molecule has 31 heavy (non-hydrogen) atoms. The van der Waals surface area contributed by atoms with Gasteiger partial charge in [0, 0.05) is 30.5 Å². The van der Waals surface area contributed by atoms with Crippen LogP contribution in [0, 0.1) is 5.92 Å². The molecule has 166 valence electrons. The lowest BCUT2D eigenvalue weighted by atomic mass is 9.87. The van der Waals surface area contributed by atoms with Crippen LogP contribution in [0.2, 0.25) is 0 Å². The summed E-state index contributed by atoms with van der Waals surface area (Å²) in [7, 11) is 0. The van der Waals surface area contributed by atoms with Crippen molar-refractivity contribution in [2.45, 2.75) is 77.2 Å². The Morgan fingerprint density at radius 3 is 2.55 bits per heavy atom. The number of hydrogen-bond acceptors (Lipinski definition) is 7. The van der Waals surface area contributed by atoms with Gasteiger partial charge in [-0.25, -0.2) is 15.0 Å². The number of nitrogens with zero attached hydrogens (tertiary/aromatic N) is 4. The molecule has 0 radical (unpaired) electrons. The number of pyridine rings is 1. The molecule has 0 N–H and O–H groups in total. The fourth-order valence-corrected chi connectivity index (χ4v) is 6.40. The van der Waals surface area contributed by atoms with Crippen LogP contribution in [0.25, 0.3) is 20.4 Å². The van der Waals surface area contributed by atoms with E-state index in [4.69, 9.17) is 19.7 Å². The average Bonchev–Trinajstić information content (AvgIpc) is 3.11. The van der Waals surface area contributed by atoms with Crippen LogP contribution in [0.4, 0.5) is 5.82 Å².